The van der Waals surface area contributed by atoms with E-state index in [9.17, 15) is 9.59 Å². The van der Waals surface area contributed by atoms with E-state index in [-0.39, 0.29) is 17.5 Å². The van der Waals surface area contributed by atoms with Crippen molar-refractivity contribution in [2.75, 3.05) is 0 Å². The molecule has 1 heterocycles. The van der Waals surface area contributed by atoms with Gasteiger partial charge in [-0.2, -0.15) is 0 Å². The minimum atomic E-state index is -1.44. The summed E-state index contributed by atoms with van der Waals surface area (Å²) >= 11 is 0. The number of Topliss-reactive ketones (excluding diaryl/α,β-unsaturated/α-hetero) is 2. The Morgan fingerprint density at radius 3 is 2.03 bits per heavy atom. The number of hydrogen-bond donors (Lipinski definition) is 0. The van der Waals surface area contributed by atoms with Crippen LogP contribution in [0.25, 0.3) is 11.3 Å². The molecule has 2 aliphatic carbocycles. The third-order valence-electron chi connectivity index (χ3n) is 7.98. The van der Waals surface area contributed by atoms with Gasteiger partial charge in [0.25, 0.3) is 0 Å². The van der Waals surface area contributed by atoms with Crippen LogP contribution in [0, 0.1) is 5.41 Å². The summed E-state index contributed by atoms with van der Waals surface area (Å²) < 4.78 is 6.89. The maximum atomic E-state index is 14.9. The first-order valence-electron chi connectivity index (χ1n) is 11.9. The van der Waals surface area contributed by atoms with Crippen LogP contribution in [0.15, 0.2) is 109 Å². The fourth-order valence-corrected chi connectivity index (χ4v) is 6.82. The Kier molecular flexibility index (Phi) is 3.97. The molecule has 3 heteroatoms. The van der Waals surface area contributed by atoms with Gasteiger partial charge in [-0.25, -0.2) is 0 Å². The van der Waals surface area contributed by atoms with Gasteiger partial charge in [-0.3, -0.25) is 9.59 Å². The molecule has 0 amide bonds. The third kappa shape index (κ3) is 2.21. The first-order chi connectivity index (χ1) is 17.1. The minimum Gasteiger partial charge on any atom is -0.472 e. The van der Waals surface area contributed by atoms with Gasteiger partial charge in [0, 0.05) is 28.2 Å². The van der Waals surface area contributed by atoms with E-state index in [1.54, 1.807) is 6.92 Å². The molecule has 0 radical (unpaired) electrons. The van der Waals surface area contributed by atoms with Gasteiger partial charge in [-0.1, -0.05) is 109 Å². The quantitative estimate of drug-likeness (QED) is 0.335. The van der Waals surface area contributed by atoms with Crippen molar-refractivity contribution in [1.82, 2.24) is 0 Å². The predicted octanol–water partition coefficient (Wildman–Crippen LogP) is 6.40. The molecule has 1 aliphatic heterocycles. The second kappa shape index (κ2) is 6.89. The van der Waals surface area contributed by atoms with Crippen LogP contribution in [-0.4, -0.2) is 11.6 Å². The average molecular weight is 455 g/mol. The summed E-state index contributed by atoms with van der Waals surface area (Å²) in [6, 6.07) is 35.3. The molecule has 35 heavy (non-hydrogen) atoms. The van der Waals surface area contributed by atoms with Crippen LogP contribution in [0.4, 0.5) is 0 Å². The summed E-state index contributed by atoms with van der Waals surface area (Å²) in [5, 5.41) is 0. The predicted molar refractivity (Wildman–Crippen MR) is 135 cm³/mol. The highest BCUT2D eigenvalue weighted by molar-refractivity contribution is 6.22. The Bertz CT molecular complexity index is 1570. The summed E-state index contributed by atoms with van der Waals surface area (Å²) in [4.78, 5) is 28.8. The zero-order chi connectivity index (χ0) is 23.8. The van der Waals surface area contributed by atoms with Crippen LogP contribution in [0.2, 0.25) is 0 Å². The largest absolute Gasteiger partial charge is 0.472 e. The summed E-state index contributed by atoms with van der Waals surface area (Å²) in [6.07, 6.45) is 0. The van der Waals surface area contributed by atoms with Crippen molar-refractivity contribution in [3.05, 3.63) is 143 Å². The standard InChI is InChI=1S/C32H22O3/c1-20(33)32-26-19-11-10-18-25(26)27-23-16-8-9-17-24(23)28(29(35-32)21-12-4-2-5-13-21)31(27,32)30(34)22-14-6-3-7-15-22/h2-19,27H,1H3/t27-,31+,32+/m1/s1. The normalized spacial score (nSPS) is 25.0. The highest BCUT2D eigenvalue weighted by Gasteiger charge is 2.79. The second-order valence-corrected chi connectivity index (χ2v) is 9.52. The third-order valence-corrected chi connectivity index (χ3v) is 7.98. The monoisotopic (exact) mass is 454 g/mol. The molecular formula is C32H22O3. The maximum absolute atomic E-state index is 14.9. The molecule has 3 atom stereocenters. The molecule has 3 aliphatic rings. The van der Waals surface area contributed by atoms with Gasteiger partial charge in [0.2, 0.25) is 5.60 Å². The zero-order valence-electron chi connectivity index (χ0n) is 19.2. The molecule has 0 spiro atoms. The molecular weight excluding hydrogens is 432 g/mol. The Balaban J connectivity index is 1.68. The first kappa shape index (κ1) is 20.2. The molecule has 0 saturated heterocycles. The molecule has 0 N–H and O–H groups in total. The molecule has 0 bridgehead atoms. The fourth-order valence-electron chi connectivity index (χ4n) is 6.82. The van der Waals surface area contributed by atoms with Crippen LogP contribution in [0.5, 0.6) is 0 Å². The van der Waals surface area contributed by atoms with Crippen molar-refractivity contribution in [2.45, 2.75) is 18.4 Å². The molecule has 3 nitrogen and oxygen atoms in total. The number of hydrogen-bond acceptors (Lipinski definition) is 3. The Morgan fingerprint density at radius 2 is 1.31 bits per heavy atom. The van der Waals surface area contributed by atoms with Crippen LogP contribution in [-0.2, 0) is 15.1 Å². The molecule has 4 aromatic carbocycles. The highest BCUT2D eigenvalue weighted by atomic mass is 16.5. The van der Waals surface area contributed by atoms with Gasteiger partial charge in [0.1, 0.15) is 11.2 Å². The van der Waals surface area contributed by atoms with E-state index in [4.69, 9.17) is 4.74 Å². The second-order valence-electron chi connectivity index (χ2n) is 9.52. The average Bonchev–Trinajstić information content (AvgIpc) is 3.49. The van der Waals surface area contributed by atoms with E-state index < -0.39 is 11.0 Å². The SMILES string of the molecule is CC(=O)[C@]12OC(c3ccccc3)=C3c4ccccc4[C@H](c4ccccc41)[C@@]32C(=O)c1ccccc1. The molecule has 0 fully saturated rings. The van der Waals surface area contributed by atoms with E-state index >= 15 is 0 Å². The van der Waals surface area contributed by atoms with Gasteiger partial charge in [0.15, 0.2) is 11.6 Å². The Labute approximate surface area is 203 Å². The van der Waals surface area contributed by atoms with Crippen molar-refractivity contribution >= 4 is 22.9 Å². The molecule has 168 valence electrons. The van der Waals surface area contributed by atoms with Crippen molar-refractivity contribution in [3.63, 3.8) is 0 Å². The van der Waals surface area contributed by atoms with Crippen molar-refractivity contribution in [1.29, 1.82) is 0 Å². The number of benzene rings is 4. The van der Waals surface area contributed by atoms with E-state index in [0.717, 1.165) is 33.4 Å². The maximum Gasteiger partial charge on any atom is 0.210 e. The van der Waals surface area contributed by atoms with Gasteiger partial charge < -0.3 is 4.74 Å². The number of carbonyl (C=O) groups excluding carboxylic acids is 2. The number of carbonyl (C=O) groups is 2. The molecule has 7 rings (SSSR count). The minimum absolute atomic E-state index is 0.0772. The number of ketones is 2. The van der Waals surface area contributed by atoms with Gasteiger partial charge in [0.05, 0.1) is 0 Å². The summed E-state index contributed by atoms with van der Waals surface area (Å²) in [5.74, 6) is 0.0665. The van der Waals surface area contributed by atoms with Crippen LogP contribution in [0.3, 0.4) is 0 Å². The van der Waals surface area contributed by atoms with Crippen molar-refractivity contribution in [3.8, 4) is 0 Å². The van der Waals surface area contributed by atoms with Crippen molar-refractivity contribution in [2.24, 2.45) is 5.41 Å². The van der Waals surface area contributed by atoms with E-state index in [2.05, 4.69) is 12.1 Å². The van der Waals surface area contributed by atoms with E-state index in [0.29, 0.717) is 11.3 Å². The zero-order valence-corrected chi connectivity index (χ0v) is 19.2. The summed E-state index contributed by atoms with van der Waals surface area (Å²) in [7, 11) is 0. The van der Waals surface area contributed by atoms with Crippen LogP contribution >= 0.6 is 0 Å². The Morgan fingerprint density at radius 1 is 0.714 bits per heavy atom. The molecule has 0 unspecified atom stereocenters. The first-order valence-corrected chi connectivity index (χ1v) is 11.9. The van der Waals surface area contributed by atoms with Crippen LogP contribution in [0.1, 0.15) is 51.0 Å². The molecule has 0 saturated carbocycles. The topological polar surface area (TPSA) is 43.4 Å². The lowest BCUT2D eigenvalue weighted by Crippen LogP contribution is -2.51. The summed E-state index contributed by atoms with van der Waals surface area (Å²) in [5.41, 5.74) is 3.44. The lowest BCUT2D eigenvalue weighted by atomic mass is 9.61. The number of rotatable bonds is 4. The Hall–Kier alpha value is -4.24. The number of fused-ring (bicyclic) bond motifs is 6. The van der Waals surface area contributed by atoms with Gasteiger partial charge in [-0.15, -0.1) is 0 Å². The highest BCUT2D eigenvalue weighted by Crippen LogP contribution is 2.77. The smallest absolute Gasteiger partial charge is 0.210 e. The molecule has 0 aromatic heterocycles. The summed E-state index contributed by atoms with van der Waals surface area (Å²) in [6.45, 7) is 1.56. The van der Waals surface area contributed by atoms with Crippen molar-refractivity contribution < 1.29 is 14.3 Å². The van der Waals surface area contributed by atoms with Gasteiger partial charge >= 0.3 is 0 Å². The fraction of sp³-hybridized carbons (Fsp3) is 0.125. The van der Waals surface area contributed by atoms with E-state index in [1.807, 2.05) is 97.1 Å². The van der Waals surface area contributed by atoms with E-state index in [1.165, 1.54) is 0 Å². The van der Waals surface area contributed by atoms with Crippen LogP contribution < -0.4 is 0 Å². The molecule has 4 aromatic rings. The van der Waals surface area contributed by atoms with Gasteiger partial charge in [-0.05, 0) is 23.6 Å². The number of ether oxygens (including phenoxy) is 1. The lowest BCUT2D eigenvalue weighted by Gasteiger charge is -2.39. The lowest BCUT2D eigenvalue weighted by molar-refractivity contribution is -0.140.